The van der Waals surface area contributed by atoms with E-state index >= 15 is 0 Å². The van der Waals surface area contributed by atoms with E-state index in [4.69, 9.17) is 4.42 Å². The molecule has 1 heterocycles. The van der Waals surface area contributed by atoms with Crippen LogP contribution in [0.1, 0.15) is 17.0 Å². The Morgan fingerprint density at radius 1 is 0.864 bits per heavy atom. The molecule has 0 amide bonds. The third kappa shape index (κ3) is 3.29. The van der Waals surface area contributed by atoms with Crippen molar-refractivity contribution in [2.75, 3.05) is 20.6 Å². The molecule has 0 aliphatic carbocycles. The van der Waals surface area contributed by atoms with Gasteiger partial charge in [-0.25, -0.2) is 0 Å². The molecule has 22 heavy (non-hydrogen) atoms. The third-order valence-electron chi connectivity index (χ3n) is 3.83. The van der Waals surface area contributed by atoms with Crippen molar-refractivity contribution in [2.24, 2.45) is 0 Å². The van der Waals surface area contributed by atoms with Crippen molar-refractivity contribution in [1.29, 1.82) is 0 Å². The predicted molar refractivity (Wildman–Crippen MR) is 91.0 cm³/mol. The molecule has 3 rings (SSSR count). The van der Waals surface area contributed by atoms with Crippen LogP contribution in [-0.2, 0) is 0 Å². The molecule has 0 spiro atoms. The summed E-state index contributed by atoms with van der Waals surface area (Å²) in [5.74, 6) is 1.24. The predicted octanol–water partition coefficient (Wildman–Crippen LogP) is 4.64. The van der Waals surface area contributed by atoms with E-state index < -0.39 is 0 Å². The van der Waals surface area contributed by atoms with Crippen LogP contribution in [0.15, 0.2) is 77.4 Å². The average Bonchev–Trinajstić information content (AvgIpc) is 3.04. The van der Waals surface area contributed by atoms with Crippen molar-refractivity contribution in [3.63, 3.8) is 0 Å². The van der Waals surface area contributed by atoms with Crippen LogP contribution in [0.5, 0.6) is 0 Å². The molecule has 2 aromatic carbocycles. The highest BCUT2D eigenvalue weighted by atomic mass is 16.3. The largest absolute Gasteiger partial charge is 0.464 e. The highest BCUT2D eigenvalue weighted by Crippen LogP contribution is 2.30. The standard InChI is InChI=1S/C20H21NO/c1-21(2)14-19(16-9-5-3-6-10-16)18-13-20(22-15-18)17-11-7-4-8-12-17/h3-13,15,19H,14H2,1-2H3. The van der Waals surface area contributed by atoms with Crippen molar-refractivity contribution in [2.45, 2.75) is 5.92 Å². The van der Waals surface area contributed by atoms with Crippen LogP contribution in [0.4, 0.5) is 0 Å². The summed E-state index contributed by atoms with van der Waals surface area (Å²) in [6.07, 6.45) is 1.89. The van der Waals surface area contributed by atoms with Crippen molar-refractivity contribution >= 4 is 0 Å². The quantitative estimate of drug-likeness (QED) is 0.681. The minimum Gasteiger partial charge on any atom is -0.464 e. The number of benzene rings is 2. The van der Waals surface area contributed by atoms with Crippen molar-refractivity contribution < 1.29 is 4.42 Å². The SMILES string of the molecule is CN(C)CC(c1ccccc1)c1coc(-c2ccccc2)c1. The molecule has 0 N–H and O–H groups in total. The van der Waals surface area contributed by atoms with Gasteiger partial charge in [0.2, 0.25) is 0 Å². The normalized spacial score (nSPS) is 12.5. The second-order valence-corrected chi connectivity index (χ2v) is 5.84. The Labute approximate surface area is 132 Å². The number of hydrogen-bond acceptors (Lipinski definition) is 2. The van der Waals surface area contributed by atoms with Gasteiger partial charge >= 0.3 is 0 Å². The molecule has 112 valence electrons. The fourth-order valence-electron chi connectivity index (χ4n) is 2.74. The van der Waals surface area contributed by atoms with Gasteiger partial charge in [-0.05, 0) is 31.3 Å². The van der Waals surface area contributed by atoms with Gasteiger partial charge in [-0.1, -0.05) is 60.7 Å². The van der Waals surface area contributed by atoms with Gasteiger partial charge in [0.25, 0.3) is 0 Å². The van der Waals surface area contributed by atoms with Crippen LogP contribution in [-0.4, -0.2) is 25.5 Å². The Hall–Kier alpha value is -2.32. The van der Waals surface area contributed by atoms with E-state index in [1.54, 1.807) is 0 Å². The average molecular weight is 291 g/mol. The molecule has 0 radical (unpaired) electrons. The summed E-state index contributed by atoms with van der Waals surface area (Å²) in [6, 6.07) is 23.0. The monoisotopic (exact) mass is 291 g/mol. The van der Waals surface area contributed by atoms with Crippen LogP contribution in [0.2, 0.25) is 0 Å². The summed E-state index contributed by atoms with van der Waals surface area (Å²) in [5, 5.41) is 0. The van der Waals surface area contributed by atoms with Crippen LogP contribution in [0.25, 0.3) is 11.3 Å². The van der Waals surface area contributed by atoms with Crippen LogP contribution in [0.3, 0.4) is 0 Å². The van der Waals surface area contributed by atoms with Gasteiger partial charge in [0, 0.05) is 18.0 Å². The zero-order chi connectivity index (χ0) is 15.4. The molecule has 1 aromatic heterocycles. The van der Waals surface area contributed by atoms with Crippen LogP contribution < -0.4 is 0 Å². The Morgan fingerprint density at radius 2 is 1.50 bits per heavy atom. The molecule has 2 heteroatoms. The number of nitrogens with zero attached hydrogens (tertiary/aromatic N) is 1. The first-order valence-corrected chi connectivity index (χ1v) is 7.57. The molecule has 0 bridgehead atoms. The van der Waals surface area contributed by atoms with Gasteiger partial charge in [0.1, 0.15) is 5.76 Å². The zero-order valence-electron chi connectivity index (χ0n) is 13.1. The second kappa shape index (κ2) is 6.63. The number of furan rings is 1. The molecule has 0 saturated heterocycles. The van der Waals surface area contributed by atoms with Crippen molar-refractivity contribution in [3.05, 3.63) is 84.1 Å². The number of likely N-dealkylation sites (N-methyl/N-ethyl adjacent to an activating group) is 1. The fraction of sp³-hybridized carbons (Fsp3) is 0.200. The lowest BCUT2D eigenvalue weighted by atomic mass is 9.92. The molecule has 1 atom stereocenters. The van der Waals surface area contributed by atoms with Gasteiger partial charge in [-0.3, -0.25) is 0 Å². The highest BCUT2D eigenvalue weighted by Gasteiger charge is 2.18. The molecular weight excluding hydrogens is 270 g/mol. The Balaban J connectivity index is 1.94. The number of rotatable bonds is 5. The van der Waals surface area contributed by atoms with Crippen molar-refractivity contribution in [1.82, 2.24) is 4.90 Å². The van der Waals surface area contributed by atoms with Gasteiger partial charge in [-0.15, -0.1) is 0 Å². The minimum absolute atomic E-state index is 0.317. The van der Waals surface area contributed by atoms with E-state index in [0.717, 1.165) is 17.9 Å². The zero-order valence-corrected chi connectivity index (χ0v) is 13.1. The highest BCUT2D eigenvalue weighted by molar-refractivity contribution is 5.58. The lowest BCUT2D eigenvalue weighted by Crippen LogP contribution is -2.20. The molecule has 0 aliphatic heterocycles. The third-order valence-corrected chi connectivity index (χ3v) is 3.83. The molecule has 0 fully saturated rings. The minimum atomic E-state index is 0.317. The van der Waals surface area contributed by atoms with E-state index in [1.165, 1.54) is 11.1 Å². The van der Waals surface area contributed by atoms with Gasteiger partial charge in [0.05, 0.1) is 6.26 Å². The summed E-state index contributed by atoms with van der Waals surface area (Å²) in [7, 11) is 4.21. The molecule has 0 aliphatic rings. The first-order chi connectivity index (χ1) is 10.7. The topological polar surface area (TPSA) is 16.4 Å². The molecule has 2 nitrogen and oxygen atoms in total. The first kappa shape index (κ1) is 14.6. The van der Waals surface area contributed by atoms with Crippen molar-refractivity contribution in [3.8, 4) is 11.3 Å². The number of hydrogen-bond donors (Lipinski definition) is 0. The van der Waals surface area contributed by atoms with E-state index in [9.17, 15) is 0 Å². The Morgan fingerprint density at radius 3 is 2.14 bits per heavy atom. The summed E-state index contributed by atoms with van der Waals surface area (Å²) in [6.45, 7) is 0.956. The van der Waals surface area contributed by atoms with Gasteiger partial charge in [0.15, 0.2) is 0 Å². The summed E-state index contributed by atoms with van der Waals surface area (Å²) >= 11 is 0. The molecular formula is C20H21NO. The van der Waals surface area contributed by atoms with E-state index in [-0.39, 0.29) is 0 Å². The van der Waals surface area contributed by atoms with Gasteiger partial charge in [-0.2, -0.15) is 0 Å². The van der Waals surface area contributed by atoms with Gasteiger partial charge < -0.3 is 9.32 Å². The summed E-state index contributed by atoms with van der Waals surface area (Å²) in [4.78, 5) is 2.22. The fourth-order valence-corrected chi connectivity index (χ4v) is 2.74. The first-order valence-electron chi connectivity index (χ1n) is 7.57. The van der Waals surface area contributed by atoms with Crippen LogP contribution in [0, 0.1) is 0 Å². The Bertz CT molecular complexity index is 701. The second-order valence-electron chi connectivity index (χ2n) is 5.84. The lowest BCUT2D eigenvalue weighted by Gasteiger charge is -2.20. The smallest absolute Gasteiger partial charge is 0.134 e. The molecule has 3 aromatic rings. The lowest BCUT2D eigenvalue weighted by molar-refractivity contribution is 0.391. The van der Waals surface area contributed by atoms with Crippen LogP contribution >= 0.6 is 0 Å². The maximum Gasteiger partial charge on any atom is 0.134 e. The van der Waals surface area contributed by atoms with E-state index in [2.05, 4.69) is 67.5 Å². The summed E-state index contributed by atoms with van der Waals surface area (Å²) in [5.41, 5.74) is 3.65. The molecule has 1 unspecified atom stereocenters. The Kier molecular flexibility index (Phi) is 4.40. The van der Waals surface area contributed by atoms with E-state index in [0.29, 0.717) is 5.92 Å². The maximum absolute atomic E-state index is 5.82. The molecule has 0 saturated carbocycles. The maximum atomic E-state index is 5.82. The van der Waals surface area contributed by atoms with E-state index in [1.807, 2.05) is 24.5 Å². The summed E-state index contributed by atoms with van der Waals surface area (Å²) < 4.78 is 5.82.